The number of benzene rings is 1. The third-order valence-electron chi connectivity index (χ3n) is 4.92. The highest BCUT2D eigenvalue weighted by Crippen LogP contribution is 2.24. The summed E-state index contributed by atoms with van der Waals surface area (Å²) in [6, 6.07) is 12.1. The monoisotopic (exact) mass is 335 g/mol. The summed E-state index contributed by atoms with van der Waals surface area (Å²) in [5.41, 5.74) is 2.72. The molecule has 3 heterocycles. The first-order chi connectivity index (χ1) is 12.2. The maximum atomic E-state index is 12.4. The number of rotatable bonds is 3. The Bertz CT molecular complexity index is 895. The Labute approximate surface area is 146 Å². The summed E-state index contributed by atoms with van der Waals surface area (Å²) < 4.78 is 5.01. The number of likely N-dealkylation sites (tertiary alicyclic amines) is 1. The fourth-order valence-corrected chi connectivity index (χ4v) is 3.53. The Kier molecular flexibility index (Phi) is 4.22. The Balaban J connectivity index is 1.37. The smallest absolute Gasteiger partial charge is 0.276 e. The molecule has 4 rings (SSSR count). The number of hydrogen-bond acceptors (Lipinski definition) is 4. The molecule has 3 aromatic rings. The Morgan fingerprint density at radius 2 is 2.04 bits per heavy atom. The first-order valence-electron chi connectivity index (χ1n) is 8.75. The number of hydrogen-bond donors (Lipinski definition) is 0. The zero-order valence-electron chi connectivity index (χ0n) is 14.3. The molecule has 0 unspecified atom stereocenters. The van der Waals surface area contributed by atoms with Gasteiger partial charge in [-0.2, -0.15) is 0 Å². The van der Waals surface area contributed by atoms with Crippen molar-refractivity contribution in [1.29, 1.82) is 0 Å². The zero-order valence-corrected chi connectivity index (χ0v) is 14.3. The van der Waals surface area contributed by atoms with Crippen LogP contribution in [0.3, 0.4) is 0 Å². The summed E-state index contributed by atoms with van der Waals surface area (Å²) >= 11 is 0. The molecule has 1 fully saturated rings. The highest BCUT2D eigenvalue weighted by Gasteiger charge is 2.25. The molecule has 0 N–H and O–H groups in total. The van der Waals surface area contributed by atoms with Gasteiger partial charge in [0, 0.05) is 30.7 Å². The quantitative estimate of drug-likeness (QED) is 0.733. The Morgan fingerprint density at radius 3 is 2.80 bits per heavy atom. The maximum absolute atomic E-state index is 12.4. The Morgan fingerprint density at radius 1 is 1.24 bits per heavy atom. The van der Waals surface area contributed by atoms with E-state index in [2.05, 4.69) is 22.3 Å². The molecule has 1 aliphatic heterocycles. The summed E-state index contributed by atoms with van der Waals surface area (Å²) in [6.45, 7) is 3.35. The van der Waals surface area contributed by atoms with E-state index in [-0.39, 0.29) is 5.91 Å². The minimum Gasteiger partial charge on any atom is -0.361 e. The molecule has 0 spiro atoms. The van der Waals surface area contributed by atoms with E-state index >= 15 is 0 Å². The van der Waals surface area contributed by atoms with Crippen LogP contribution < -0.4 is 0 Å². The molecule has 25 heavy (non-hydrogen) atoms. The van der Waals surface area contributed by atoms with Crippen LogP contribution in [0.4, 0.5) is 0 Å². The summed E-state index contributed by atoms with van der Waals surface area (Å²) in [4.78, 5) is 18.8. The maximum Gasteiger partial charge on any atom is 0.276 e. The van der Waals surface area contributed by atoms with E-state index in [0.29, 0.717) is 17.4 Å². The third kappa shape index (κ3) is 3.40. The normalized spacial score (nSPS) is 15.6. The summed E-state index contributed by atoms with van der Waals surface area (Å²) in [6.07, 6.45) is 5.02. The van der Waals surface area contributed by atoms with Crippen molar-refractivity contribution in [3.63, 3.8) is 0 Å². The van der Waals surface area contributed by atoms with Crippen LogP contribution >= 0.6 is 0 Å². The number of nitrogens with zero attached hydrogens (tertiary/aromatic N) is 3. The largest absolute Gasteiger partial charge is 0.361 e. The molecular formula is C20H21N3O2. The van der Waals surface area contributed by atoms with Crippen molar-refractivity contribution in [3.05, 3.63) is 59.6 Å². The van der Waals surface area contributed by atoms with Crippen molar-refractivity contribution in [3.8, 4) is 0 Å². The average Bonchev–Trinajstić information content (AvgIpc) is 3.08. The third-order valence-corrected chi connectivity index (χ3v) is 4.92. The van der Waals surface area contributed by atoms with Crippen molar-refractivity contribution in [2.24, 2.45) is 5.92 Å². The van der Waals surface area contributed by atoms with Crippen molar-refractivity contribution in [2.75, 3.05) is 13.1 Å². The van der Waals surface area contributed by atoms with E-state index in [1.165, 1.54) is 10.9 Å². The van der Waals surface area contributed by atoms with E-state index in [1.54, 1.807) is 13.0 Å². The van der Waals surface area contributed by atoms with Gasteiger partial charge in [-0.05, 0) is 49.8 Å². The number of aryl methyl sites for hydroxylation is 1. The van der Waals surface area contributed by atoms with Crippen molar-refractivity contribution in [1.82, 2.24) is 15.0 Å². The van der Waals surface area contributed by atoms with E-state index in [0.717, 1.165) is 37.9 Å². The highest BCUT2D eigenvalue weighted by atomic mass is 16.5. The van der Waals surface area contributed by atoms with Crippen LogP contribution in [0.1, 0.15) is 34.7 Å². The van der Waals surface area contributed by atoms with Crippen LogP contribution in [-0.2, 0) is 6.42 Å². The van der Waals surface area contributed by atoms with Crippen LogP contribution in [-0.4, -0.2) is 34.0 Å². The molecule has 1 aromatic carbocycles. The van der Waals surface area contributed by atoms with Gasteiger partial charge >= 0.3 is 0 Å². The number of carbonyl (C=O) groups is 1. The topological polar surface area (TPSA) is 59.2 Å². The molecule has 128 valence electrons. The number of amides is 1. The van der Waals surface area contributed by atoms with Crippen LogP contribution in [0.2, 0.25) is 0 Å². The lowest BCUT2D eigenvalue weighted by Crippen LogP contribution is -2.39. The number of para-hydroxylation sites is 1. The standard InChI is InChI=1S/C20H21N3O2/c1-14-10-19(22-25-14)20(24)23-8-6-15(7-9-23)11-16-12-17-4-2-3-5-18(17)21-13-16/h2-5,10,12-13,15H,6-9,11H2,1H3. The lowest BCUT2D eigenvalue weighted by molar-refractivity contribution is 0.0680. The van der Waals surface area contributed by atoms with Gasteiger partial charge in [-0.15, -0.1) is 0 Å². The fourth-order valence-electron chi connectivity index (χ4n) is 3.53. The number of pyridine rings is 1. The molecule has 0 atom stereocenters. The first kappa shape index (κ1) is 15.8. The van der Waals surface area contributed by atoms with Crippen LogP contribution in [0.25, 0.3) is 10.9 Å². The Hall–Kier alpha value is -2.69. The van der Waals surface area contributed by atoms with E-state index in [9.17, 15) is 4.79 Å². The van der Waals surface area contributed by atoms with E-state index in [4.69, 9.17) is 4.52 Å². The minimum atomic E-state index is -0.0253. The van der Waals surface area contributed by atoms with Gasteiger partial charge in [-0.3, -0.25) is 9.78 Å². The molecule has 0 bridgehead atoms. The fraction of sp³-hybridized carbons (Fsp3) is 0.350. The summed E-state index contributed by atoms with van der Waals surface area (Å²) in [5, 5.41) is 5.02. The lowest BCUT2D eigenvalue weighted by Gasteiger charge is -2.31. The SMILES string of the molecule is Cc1cc(C(=O)N2CCC(Cc3cnc4ccccc4c3)CC2)no1. The second kappa shape index (κ2) is 6.67. The van der Waals surface area contributed by atoms with Crippen LogP contribution in [0.15, 0.2) is 47.1 Å². The number of carbonyl (C=O) groups excluding carboxylic acids is 1. The molecule has 0 radical (unpaired) electrons. The van der Waals surface area contributed by atoms with Gasteiger partial charge in [0.1, 0.15) is 5.76 Å². The van der Waals surface area contributed by atoms with Crippen molar-refractivity contribution in [2.45, 2.75) is 26.2 Å². The van der Waals surface area contributed by atoms with Gasteiger partial charge in [0.05, 0.1) is 5.52 Å². The van der Waals surface area contributed by atoms with Gasteiger partial charge in [0.2, 0.25) is 0 Å². The van der Waals surface area contributed by atoms with Gasteiger partial charge in [-0.1, -0.05) is 23.4 Å². The molecule has 0 aliphatic carbocycles. The van der Waals surface area contributed by atoms with Crippen LogP contribution in [0.5, 0.6) is 0 Å². The van der Waals surface area contributed by atoms with Crippen LogP contribution in [0, 0.1) is 12.8 Å². The summed E-state index contributed by atoms with van der Waals surface area (Å²) in [5.74, 6) is 1.23. The minimum absolute atomic E-state index is 0.0253. The molecule has 1 saturated heterocycles. The predicted octanol–water partition coefficient (Wildman–Crippen LogP) is 3.63. The number of fused-ring (bicyclic) bond motifs is 1. The number of aromatic nitrogens is 2. The molecule has 1 aliphatic rings. The van der Waals surface area contributed by atoms with E-state index in [1.807, 2.05) is 29.3 Å². The van der Waals surface area contributed by atoms with Crippen molar-refractivity contribution >= 4 is 16.8 Å². The van der Waals surface area contributed by atoms with Gasteiger partial charge in [0.25, 0.3) is 5.91 Å². The second-order valence-corrected chi connectivity index (χ2v) is 6.80. The molecule has 1 amide bonds. The zero-order chi connectivity index (χ0) is 17.2. The predicted molar refractivity (Wildman–Crippen MR) is 95.3 cm³/mol. The lowest BCUT2D eigenvalue weighted by atomic mass is 9.90. The second-order valence-electron chi connectivity index (χ2n) is 6.80. The highest BCUT2D eigenvalue weighted by molar-refractivity contribution is 5.92. The number of piperidine rings is 1. The van der Waals surface area contributed by atoms with Gasteiger partial charge in [-0.25, -0.2) is 0 Å². The van der Waals surface area contributed by atoms with Gasteiger partial charge in [0.15, 0.2) is 5.69 Å². The van der Waals surface area contributed by atoms with Crippen molar-refractivity contribution < 1.29 is 9.32 Å². The molecular weight excluding hydrogens is 314 g/mol. The molecule has 2 aromatic heterocycles. The molecule has 5 nitrogen and oxygen atoms in total. The molecule has 5 heteroatoms. The molecule has 0 saturated carbocycles. The van der Waals surface area contributed by atoms with E-state index < -0.39 is 0 Å². The average molecular weight is 335 g/mol. The first-order valence-corrected chi connectivity index (χ1v) is 8.75. The van der Waals surface area contributed by atoms with Gasteiger partial charge < -0.3 is 9.42 Å². The summed E-state index contributed by atoms with van der Waals surface area (Å²) in [7, 11) is 0.